The van der Waals surface area contributed by atoms with Crippen molar-refractivity contribution >= 4 is 27.0 Å². The van der Waals surface area contributed by atoms with Crippen LogP contribution in [-0.4, -0.2) is 24.3 Å². The summed E-state index contributed by atoms with van der Waals surface area (Å²) in [6.45, 7) is 3.42. The van der Waals surface area contributed by atoms with Crippen LogP contribution in [0.5, 0.6) is 0 Å². The van der Waals surface area contributed by atoms with Crippen LogP contribution in [0.15, 0.2) is 71.9 Å². The molecule has 1 aromatic heterocycles. The van der Waals surface area contributed by atoms with E-state index >= 15 is 0 Å². The highest BCUT2D eigenvalue weighted by molar-refractivity contribution is 7.89. The second-order valence-corrected chi connectivity index (χ2v) is 8.99. The van der Waals surface area contributed by atoms with Crippen molar-refractivity contribution in [3.8, 4) is 0 Å². The van der Waals surface area contributed by atoms with Crippen LogP contribution in [0.25, 0.3) is 11.0 Å². The molecule has 1 heterocycles. The number of primary sulfonamides is 1. The predicted octanol–water partition coefficient (Wildman–Crippen LogP) is 3.35. The third-order valence-corrected chi connectivity index (χ3v) is 6.41. The van der Waals surface area contributed by atoms with Gasteiger partial charge in [0.2, 0.25) is 10.0 Å². The molecule has 0 saturated carbocycles. The van der Waals surface area contributed by atoms with Crippen LogP contribution in [0.1, 0.15) is 38.7 Å². The Labute approximate surface area is 180 Å². The average Bonchev–Trinajstić information content (AvgIpc) is 3.21. The lowest BCUT2D eigenvalue weighted by Gasteiger charge is -2.21. The number of imidazole rings is 1. The van der Waals surface area contributed by atoms with Crippen LogP contribution in [0.4, 0.5) is 0 Å². The number of hydrogen-bond acceptors (Lipinski definition) is 4. The summed E-state index contributed by atoms with van der Waals surface area (Å²) in [5.74, 6) is -0.397. The predicted molar refractivity (Wildman–Crippen MR) is 119 cm³/mol. The van der Waals surface area contributed by atoms with Crippen molar-refractivity contribution in [2.45, 2.75) is 24.8 Å². The van der Waals surface area contributed by atoms with Crippen molar-refractivity contribution < 1.29 is 13.2 Å². The molecule has 31 heavy (non-hydrogen) atoms. The molecular weight excluding hydrogens is 412 g/mol. The van der Waals surface area contributed by atoms with E-state index in [1.54, 1.807) is 26.2 Å². The third kappa shape index (κ3) is 4.21. The Morgan fingerprint density at radius 1 is 1.03 bits per heavy atom. The monoisotopic (exact) mass is 434 g/mol. The third-order valence-electron chi connectivity index (χ3n) is 5.37. The molecule has 0 aliphatic heterocycles. The minimum atomic E-state index is -3.95. The molecule has 0 aliphatic rings. The van der Waals surface area contributed by atoms with Crippen molar-refractivity contribution in [1.29, 1.82) is 0 Å². The van der Waals surface area contributed by atoms with E-state index in [0.717, 1.165) is 22.2 Å². The molecule has 0 aliphatic carbocycles. The van der Waals surface area contributed by atoms with Crippen LogP contribution in [0.3, 0.4) is 0 Å². The fraction of sp³-hybridized carbons (Fsp3) is 0.130. The molecule has 4 aromatic rings. The summed E-state index contributed by atoms with van der Waals surface area (Å²) in [5, 5.41) is 8.39. The van der Waals surface area contributed by atoms with Crippen LogP contribution >= 0.6 is 0 Å². The lowest BCUT2D eigenvalue weighted by atomic mass is 9.97. The van der Waals surface area contributed by atoms with Gasteiger partial charge in [0.15, 0.2) is 0 Å². The molecular formula is C23H22N4O3S. The highest BCUT2D eigenvalue weighted by Gasteiger charge is 2.21. The minimum Gasteiger partial charge on any atom is -0.345 e. The summed E-state index contributed by atoms with van der Waals surface area (Å²) >= 11 is 0. The van der Waals surface area contributed by atoms with Gasteiger partial charge in [-0.15, -0.1) is 0 Å². The number of nitrogens with one attached hydrogen (secondary N) is 2. The zero-order valence-corrected chi connectivity index (χ0v) is 17.9. The molecule has 1 atom stereocenters. The molecule has 0 fully saturated rings. The van der Waals surface area contributed by atoms with Crippen molar-refractivity contribution in [1.82, 2.24) is 15.3 Å². The molecule has 0 spiro atoms. The van der Waals surface area contributed by atoms with Gasteiger partial charge in [-0.05, 0) is 60.4 Å². The Hall–Kier alpha value is -3.49. The number of sulfonamides is 1. The highest BCUT2D eigenvalue weighted by Crippen LogP contribution is 2.26. The highest BCUT2D eigenvalue weighted by atomic mass is 32.2. The van der Waals surface area contributed by atoms with Gasteiger partial charge in [0.1, 0.15) is 0 Å². The van der Waals surface area contributed by atoms with E-state index in [9.17, 15) is 13.2 Å². The number of amides is 1. The van der Waals surface area contributed by atoms with Gasteiger partial charge in [-0.3, -0.25) is 4.79 Å². The van der Waals surface area contributed by atoms with E-state index in [4.69, 9.17) is 5.14 Å². The number of hydrogen-bond donors (Lipinski definition) is 3. The number of nitrogens with two attached hydrogens (primary N) is 1. The zero-order valence-electron chi connectivity index (χ0n) is 17.1. The SMILES string of the molecule is Cc1cc(C(=O)NC(c2ccccc2)c2ccc3nc[nH]c3c2)cc(S(N)(=O)=O)c1C. The Morgan fingerprint density at radius 2 is 1.77 bits per heavy atom. The van der Waals surface area contributed by atoms with Gasteiger partial charge in [-0.1, -0.05) is 36.4 Å². The van der Waals surface area contributed by atoms with Gasteiger partial charge in [0.05, 0.1) is 28.3 Å². The molecule has 0 bridgehead atoms. The molecule has 7 nitrogen and oxygen atoms in total. The second-order valence-electron chi connectivity index (χ2n) is 7.46. The van der Waals surface area contributed by atoms with Crippen LogP contribution in [-0.2, 0) is 10.0 Å². The fourth-order valence-electron chi connectivity index (χ4n) is 3.61. The van der Waals surface area contributed by atoms with Gasteiger partial charge in [0.25, 0.3) is 5.91 Å². The first-order valence-corrected chi connectivity index (χ1v) is 11.2. The fourth-order valence-corrected chi connectivity index (χ4v) is 4.48. The summed E-state index contributed by atoms with van der Waals surface area (Å²) in [5.41, 5.74) is 4.88. The number of aromatic amines is 1. The zero-order chi connectivity index (χ0) is 22.2. The van der Waals surface area contributed by atoms with Gasteiger partial charge in [0, 0.05) is 5.56 Å². The summed E-state index contributed by atoms with van der Waals surface area (Å²) in [6.07, 6.45) is 1.62. The summed E-state index contributed by atoms with van der Waals surface area (Å²) < 4.78 is 24.0. The lowest BCUT2D eigenvalue weighted by molar-refractivity contribution is 0.0942. The molecule has 158 valence electrons. The van der Waals surface area contributed by atoms with Gasteiger partial charge >= 0.3 is 0 Å². The standard InChI is InChI=1S/C23H22N4O3S/c1-14-10-18(12-21(15(14)2)31(24,29)30)23(28)27-22(16-6-4-3-5-7-16)17-8-9-19-20(11-17)26-13-25-19/h3-13,22H,1-2H3,(H,25,26)(H,27,28)(H2,24,29,30). The van der Waals surface area contributed by atoms with Crippen molar-refractivity contribution in [3.05, 3.63) is 94.8 Å². The number of nitrogens with zero attached hydrogens (tertiary/aromatic N) is 1. The van der Waals surface area contributed by atoms with E-state index in [0.29, 0.717) is 11.1 Å². The number of carbonyl (C=O) groups excluding carboxylic acids is 1. The Bertz CT molecular complexity index is 1380. The quantitative estimate of drug-likeness (QED) is 0.446. The lowest BCUT2D eigenvalue weighted by Crippen LogP contribution is -2.30. The number of rotatable bonds is 5. The maximum absolute atomic E-state index is 13.2. The van der Waals surface area contributed by atoms with E-state index < -0.39 is 22.0 Å². The maximum Gasteiger partial charge on any atom is 0.252 e. The number of carbonyl (C=O) groups is 1. The van der Waals surface area contributed by atoms with Crippen LogP contribution in [0, 0.1) is 13.8 Å². The number of aryl methyl sites for hydroxylation is 1. The Kier molecular flexibility index (Phi) is 5.34. The van der Waals surface area contributed by atoms with Crippen molar-refractivity contribution in [2.24, 2.45) is 5.14 Å². The van der Waals surface area contributed by atoms with E-state index in [2.05, 4.69) is 15.3 Å². The molecule has 3 aromatic carbocycles. The molecule has 8 heteroatoms. The molecule has 4 rings (SSSR count). The first-order valence-electron chi connectivity index (χ1n) is 9.67. The average molecular weight is 435 g/mol. The minimum absolute atomic E-state index is 0.0483. The summed E-state index contributed by atoms with van der Waals surface area (Å²) in [4.78, 5) is 20.5. The number of aromatic nitrogens is 2. The van der Waals surface area contributed by atoms with Crippen LogP contribution < -0.4 is 10.5 Å². The molecule has 1 unspecified atom stereocenters. The van der Waals surface area contributed by atoms with E-state index in [1.165, 1.54) is 6.07 Å². The van der Waals surface area contributed by atoms with Crippen LogP contribution in [0.2, 0.25) is 0 Å². The first-order chi connectivity index (χ1) is 14.7. The Morgan fingerprint density at radius 3 is 2.48 bits per heavy atom. The Balaban J connectivity index is 1.76. The molecule has 1 amide bonds. The number of fused-ring (bicyclic) bond motifs is 1. The van der Waals surface area contributed by atoms with Gasteiger partial charge in [-0.25, -0.2) is 18.5 Å². The van der Waals surface area contributed by atoms with Gasteiger partial charge < -0.3 is 10.3 Å². The summed E-state index contributed by atoms with van der Waals surface area (Å²) in [6, 6.07) is 17.9. The largest absolute Gasteiger partial charge is 0.345 e. The molecule has 4 N–H and O–H groups in total. The van der Waals surface area contributed by atoms with E-state index in [-0.39, 0.29) is 10.5 Å². The van der Waals surface area contributed by atoms with Gasteiger partial charge in [-0.2, -0.15) is 0 Å². The topological polar surface area (TPSA) is 118 Å². The smallest absolute Gasteiger partial charge is 0.252 e. The summed E-state index contributed by atoms with van der Waals surface area (Å²) in [7, 11) is -3.95. The van der Waals surface area contributed by atoms with Crippen molar-refractivity contribution in [2.75, 3.05) is 0 Å². The normalized spacial score (nSPS) is 12.6. The molecule has 0 saturated heterocycles. The first kappa shape index (κ1) is 20.8. The second kappa shape index (κ2) is 7.98. The number of benzene rings is 3. The van der Waals surface area contributed by atoms with E-state index in [1.807, 2.05) is 48.5 Å². The van der Waals surface area contributed by atoms with Crippen molar-refractivity contribution in [3.63, 3.8) is 0 Å². The molecule has 0 radical (unpaired) electrons. The number of H-pyrrole nitrogens is 1. The maximum atomic E-state index is 13.2.